The van der Waals surface area contributed by atoms with Crippen molar-refractivity contribution in [2.45, 2.75) is 20.3 Å². The molecule has 2 heterocycles. The van der Waals surface area contributed by atoms with E-state index in [0.717, 1.165) is 18.7 Å². The Morgan fingerprint density at radius 1 is 1.18 bits per heavy atom. The number of para-hydroxylation sites is 1. The lowest BCUT2D eigenvalue weighted by atomic mass is 10.00. The van der Waals surface area contributed by atoms with E-state index >= 15 is 0 Å². The van der Waals surface area contributed by atoms with E-state index in [-0.39, 0.29) is 5.91 Å². The zero-order valence-electron chi connectivity index (χ0n) is 13.8. The first-order valence-corrected chi connectivity index (χ1v) is 7.87. The molecule has 1 aliphatic rings. The van der Waals surface area contributed by atoms with E-state index in [0.29, 0.717) is 6.42 Å². The van der Waals surface area contributed by atoms with Crippen LogP contribution in [0.4, 0.5) is 5.82 Å². The summed E-state index contributed by atoms with van der Waals surface area (Å²) in [5.41, 5.74) is 3.33. The van der Waals surface area contributed by atoms with E-state index in [4.69, 9.17) is 0 Å². The van der Waals surface area contributed by atoms with Crippen molar-refractivity contribution in [3.8, 4) is 0 Å². The lowest BCUT2D eigenvalue weighted by Crippen LogP contribution is -2.34. The summed E-state index contributed by atoms with van der Waals surface area (Å²) >= 11 is 0. The molecule has 0 radical (unpaired) electrons. The van der Waals surface area contributed by atoms with Gasteiger partial charge in [0.1, 0.15) is 5.82 Å². The predicted molar refractivity (Wildman–Crippen MR) is 91.0 cm³/mol. The molecule has 0 aliphatic carbocycles. The minimum absolute atomic E-state index is 0.149. The molecule has 3 rings (SSSR count). The summed E-state index contributed by atoms with van der Waals surface area (Å²) in [6, 6.07) is 8.40. The molecular weight excluding hydrogens is 274 g/mol. The lowest BCUT2D eigenvalue weighted by molar-refractivity contribution is -0.126. The summed E-state index contributed by atoms with van der Waals surface area (Å²) in [5, 5.41) is 1.24. The van der Waals surface area contributed by atoms with Gasteiger partial charge >= 0.3 is 0 Å². The fraction of sp³-hybridized carbons (Fsp3) is 0.389. The van der Waals surface area contributed by atoms with Crippen LogP contribution in [-0.2, 0) is 18.3 Å². The number of carbonyl (C=O) groups excluding carboxylic acids is 1. The Labute approximate surface area is 131 Å². The maximum absolute atomic E-state index is 12.7. The molecule has 0 unspecified atom stereocenters. The second kappa shape index (κ2) is 5.52. The number of aromatic nitrogens is 1. The van der Waals surface area contributed by atoms with Crippen LogP contribution in [0.5, 0.6) is 0 Å². The van der Waals surface area contributed by atoms with Gasteiger partial charge in [-0.2, -0.15) is 0 Å². The Kier molecular flexibility index (Phi) is 3.69. The van der Waals surface area contributed by atoms with E-state index in [9.17, 15) is 4.79 Å². The first kappa shape index (κ1) is 14.7. The molecule has 0 fully saturated rings. The minimum Gasteiger partial charge on any atom is -0.339 e. The monoisotopic (exact) mass is 297 g/mol. The van der Waals surface area contributed by atoms with Gasteiger partial charge in [-0.3, -0.25) is 4.79 Å². The van der Waals surface area contributed by atoms with Gasteiger partial charge in [0.2, 0.25) is 0 Å². The van der Waals surface area contributed by atoms with Crippen molar-refractivity contribution in [1.82, 2.24) is 9.47 Å². The fourth-order valence-electron chi connectivity index (χ4n) is 3.46. The van der Waals surface area contributed by atoms with E-state index in [1.165, 1.54) is 22.3 Å². The third-order valence-corrected chi connectivity index (χ3v) is 4.55. The smallest absolute Gasteiger partial charge is 0.251 e. The molecule has 0 atom stereocenters. The highest BCUT2D eigenvalue weighted by Crippen LogP contribution is 2.36. The first-order valence-electron chi connectivity index (χ1n) is 7.87. The Bertz CT molecular complexity index is 753. The second-order valence-electron chi connectivity index (χ2n) is 5.80. The number of rotatable bonds is 3. The number of anilines is 1. The summed E-state index contributed by atoms with van der Waals surface area (Å²) in [7, 11) is 4.11. The molecule has 0 spiro atoms. The highest BCUT2D eigenvalue weighted by Gasteiger charge is 2.26. The van der Waals surface area contributed by atoms with E-state index in [1.807, 2.05) is 32.0 Å². The van der Waals surface area contributed by atoms with Gasteiger partial charge in [-0.1, -0.05) is 18.2 Å². The number of nitrogens with zero attached hydrogens (tertiary/aromatic N) is 3. The summed E-state index contributed by atoms with van der Waals surface area (Å²) in [5.74, 6) is 1.33. The number of amides is 1. The van der Waals surface area contributed by atoms with Gasteiger partial charge in [0.05, 0.1) is 0 Å². The average Bonchev–Trinajstić information content (AvgIpc) is 2.82. The van der Waals surface area contributed by atoms with Crippen molar-refractivity contribution in [3.05, 3.63) is 41.6 Å². The van der Waals surface area contributed by atoms with Crippen LogP contribution in [0.3, 0.4) is 0 Å². The lowest BCUT2D eigenvalue weighted by Gasteiger charge is -2.27. The van der Waals surface area contributed by atoms with Gasteiger partial charge in [0.15, 0.2) is 0 Å². The number of likely N-dealkylation sites (N-methyl/N-ethyl adjacent to an activating group) is 1. The van der Waals surface area contributed by atoms with Crippen LogP contribution < -0.4 is 4.90 Å². The zero-order valence-corrected chi connectivity index (χ0v) is 13.8. The molecular formula is C18H23N3O. The SMILES string of the molecule is CCN(CC)C(=O)C1=CN(C)c2c(c3ccccc3n2C)C1. The molecule has 22 heavy (non-hydrogen) atoms. The van der Waals surface area contributed by atoms with Gasteiger partial charge < -0.3 is 14.4 Å². The Hall–Kier alpha value is -2.23. The maximum Gasteiger partial charge on any atom is 0.251 e. The second-order valence-corrected chi connectivity index (χ2v) is 5.80. The summed E-state index contributed by atoms with van der Waals surface area (Å²) in [6.45, 7) is 5.55. The number of aryl methyl sites for hydroxylation is 1. The van der Waals surface area contributed by atoms with E-state index in [1.54, 1.807) is 0 Å². The third kappa shape index (κ3) is 2.10. The quantitative estimate of drug-likeness (QED) is 0.871. The van der Waals surface area contributed by atoms with Crippen molar-refractivity contribution in [1.29, 1.82) is 0 Å². The molecule has 0 bridgehead atoms. The van der Waals surface area contributed by atoms with Gasteiger partial charge in [0.25, 0.3) is 5.91 Å². The topological polar surface area (TPSA) is 28.5 Å². The molecule has 1 aromatic heterocycles. The molecule has 0 N–H and O–H groups in total. The fourth-order valence-corrected chi connectivity index (χ4v) is 3.46. The number of fused-ring (bicyclic) bond motifs is 3. The largest absolute Gasteiger partial charge is 0.339 e. The first-order chi connectivity index (χ1) is 10.6. The highest BCUT2D eigenvalue weighted by molar-refractivity contribution is 5.99. The molecule has 1 aromatic carbocycles. The van der Waals surface area contributed by atoms with Crippen LogP contribution in [0.25, 0.3) is 10.9 Å². The summed E-state index contributed by atoms with van der Waals surface area (Å²) < 4.78 is 2.21. The van der Waals surface area contributed by atoms with Crippen LogP contribution in [0.2, 0.25) is 0 Å². The Morgan fingerprint density at radius 3 is 2.55 bits per heavy atom. The molecule has 2 aromatic rings. The molecule has 1 aliphatic heterocycles. The van der Waals surface area contributed by atoms with E-state index in [2.05, 4.69) is 40.8 Å². The van der Waals surface area contributed by atoms with Gasteiger partial charge in [-0.25, -0.2) is 0 Å². The molecule has 1 amide bonds. The van der Waals surface area contributed by atoms with E-state index < -0.39 is 0 Å². The van der Waals surface area contributed by atoms with Crippen LogP contribution in [0, 0.1) is 0 Å². The Morgan fingerprint density at radius 2 is 1.86 bits per heavy atom. The number of hydrogen-bond donors (Lipinski definition) is 0. The van der Waals surface area contributed by atoms with Gasteiger partial charge in [0, 0.05) is 61.8 Å². The van der Waals surface area contributed by atoms with Crippen molar-refractivity contribution in [3.63, 3.8) is 0 Å². The van der Waals surface area contributed by atoms with Crippen molar-refractivity contribution < 1.29 is 4.79 Å². The standard InChI is InChI=1S/C18H23N3O/c1-5-21(6-2)18(22)13-11-15-14-9-7-8-10-16(14)20(4)17(15)19(3)12-13/h7-10,12H,5-6,11H2,1-4H3. The van der Waals surface area contributed by atoms with Crippen LogP contribution in [-0.4, -0.2) is 35.5 Å². The molecule has 116 valence electrons. The number of hydrogen-bond acceptors (Lipinski definition) is 2. The average molecular weight is 297 g/mol. The van der Waals surface area contributed by atoms with Crippen LogP contribution in [0.1, 0.15) is 19.4 Å². The number of benzene rings is 1. The maximum atomic E-state index is 12.7. The normalized spacial score (nSPS) is 14.0. The number of carbonyl (C=O) groups is 1. The molecule has 0 saturated heterocycles. The predicted octanol–water partition coefficient (Wildman–Crippen LogP) is 2.92. The zero-order chi connectivity index (χ0) is 15.9. The highest BCUT2D eigenvalue weighted by atomic mass is 16.2. The Balaban J connectivity index is 2.06. The van der Waals surface area contributed by atoms with Crippen LogP contribution in [0.15, 0.2) is 36.0 Å². The molecule has 0 saturated carbocycles. The van der Waals surface area contributed by atoms with Crippen molar-refractivity contribution in [2.24, 2.45) is 7.05 Å². The van der Waals surface area contributed by atoms with Crippen molar-refractivity contribution >= 4 is 22.6 Å². The molecule has 4 heteroatoms. The summed E-state index contributed by atoms with van der Waals surface area (Å²) in [6.07, 6.45) is 2.69. The van der Waals surface area contributed by atoms with Crippen molar-refractivity contribution in [2.75, 3.05) is 25.0 Å². The summed E-state index contributed by atoms with van der Waals surface area (Å²) in [4.78, 5) is 16.6. The van der Waals surface area contributed by atoms with Gasteiger partial charge in [-0.05, 0) is 19.9 Å². The van der Waals surface area contributed by atoms with Crippen LogP contribution >= 0.6 is 0 Å². The third-order valence-electron chi connectivity index (χ3n) is 4.55. The molecule has 4 nitrogen and oxygen atoms in total. The van der Waals surface area contributed by atoms with Gasteiger partial charge in [-0.15, -0.1) is 0 Å². The minimum atomic E-state index is 0.149.